The number of fused-ring (bicyclic) bond motifs is 5. The summed E-state index contributed by atoms with van der Waals surface area (Å²) in [4.78, 5) is 0. The molecule has 0 aromatic heterocycles. The molecule has 0 spiro atoms. The molecule has 6 unspecified atom stereocenters. The van der Waals surface area contributed by atoms with Gasteiger partial charge >= 0.3 is 0 Å². The quantitative estimate of drug-likeness (QED) is 0.682. The van der Waals surface area contributed by atoms with Crippen LogP contribution in [0.15, 0.2) is 23.8 Å². The molecule has 1 N–H and O–H groups in total. The Kier molecular flexibility index (Phi) is 3.33. The van der Waals surface area contributed by atoms with E-state index in [1.165, 1.54) is 44.1 Å². The zero-order valence-corrected chi connectivity index (χ0v) is 13.5. The molecule has 6 atom stereocenters. The molecule has 3 saturated carbocycles. The van der Waals surface area contributed by atoms with Crippen molar-refractivity contribution in [2.45, 2.75) is 70.8 Å². The van der Waals surface area contributed by atoms with Crippen molar-refractivity contribution in [3.63, 3.8) is 0 Å². The molecular weight excluding hydrogens is 256 g/mol. The van der Waals surface area contributed by atoms with Crippen LogP contribution in [0.25, 0.3) is 0 Å². The van der Waals surface area contributed by atoms with E-state index in [4.69, 9.17) is 0 Å². The highest BCUT2D eigenvalue weighted by Crippen LogP contribution is 2.64. The first kappa shape index (κ1) is 14.1. The second-order valence-electron chi connectivity index (χ2n) is 8.17. The molecule has 116 valence electrons. The van der Waals surface area contributed by atoms with E-state index >= 15 is 0 Å². The van der Waals surface area contributed by atoms with Crippen LogP contribution in [-0.4, -0.2) is 11.2 Å². The highest BCUT2D eigenvalue weighted by Gasteiger charge is 2.58. The molecule has 4 aliphatic carbocycles. The van der Waals surface area contributed by atoms with Gasteiger partial charge in [-0.25, -0.2) is 0 Å². The first-order valence-electron chi connectivity index (χ1n) is 9.22. The van der Waals surface area contributed by atoms with Crippen LogP contribution in [0.2, 0.25) is 0 Å². The lowest BCUT2D eigenvalue weighted by atomic mass is 9.50. The van der Waals surface area contributed by atoms with Crippen LogP contribution in [0.4, 0.5) is 0 Å². The van der Waals surface area contributed by atoms with Gasteiger partial charge in [0.2, 0.25) is 0 Å². The highest BCUT2D eigenvalue weighted by molar-refractivity contribution is 5.27. The molecule has 3 fully saturated rings. The average molecular weight is 286 g/mol. The van der Waals surface area contributed by atoms with E-state index in [0.717, 1.165) is 42.9 Å². The summed E-state index contributed by atoms with van der Waals surface area (Å²) in [5, 5.41) is 10.7. The van der Waals surface area contributed by atoms with Crippen molar-refractivity contribution in [1.29, 1.82) is 0 Å². The van der Waals surface area contributed by atoms with Gasteiger partial charge in [-0.15, -0.1) is 0 Å². The summed E-state index contributed by atoms with van der Waals surface area (Å²) in [5.74, 6) is 3.11. The Morgan fingerprint density at radius 2 is 2.14 bits per heavy atom. The van der Waals surface area contributed by atoms with Crippen LogP contribution < -0.4 is 0 Å². The van der Waals surface area contributed by atoms with Gasteiger partial charge in [0.15, 0.2) is 0 Å². The highest BCUT2D eigenvalue weighted by atomic mass is 16.3. The topological polar surface area (TPSA) is 20.2 Å². The molecule has 0 aromatic rings. The molecule has 0 saturated heterocycles. The zero-order chi connectivity index (χ0) is 14.6. The molecule has 0 amide bonds. The third-order valence-corrected chi connectivity index (χ3v) is 7.62. The lowest BCUT2D eigenvalue weighted by Crippen LogP contribution is -2.49. The van der Waals surface area contributed by atoms with Gasteiger partial charge in [-0.05, 0) is 81.5 Å². The molecule has 0 aliphatic heterocycles. The second kappa shape index (κ2) is 4.98. The summed E-state index contributed by atoms with van der Waals surface area (Å²) in [6.45, 7) is 6.83. The SMILES string of the molecule is C=C1CC2(CC)C(O)CCC2C2CCC3=CCCCC3C12. The van der Waals surface area contributed by atoms with Gasteiger partial charge in [-0.3, -0.25) is 0 Å². The van der Waals surface area contributed by atoms with Crippen molar-refractivity contribution in [3.05, 3.63) is 23.8 Å². The van der Waals surface area contributed by atoms with Crippen LogP contribution in [-0.2, 0) is 0 Å². The molecule has 0 aromatic carbocycles. The van der Waals surface area contributed by atoms with Gasteiger partial charge in [0.05, 0.1) is 6.10 Å². The van der Waals surface area contributed by atoms with Crippen molar-refractivity contribution < 1.29 is 5.11 Å². The van der Waals surface area contributed by atoms with Gasteiger partial charge in [0.25, 0.3) is 0 Å². The normalized spacial score (nSPS) is 49.1. The molecular formula is C20H30O. The Hall–Kier alpha value is -0.560. The van der Waals surface area contributed by atoms with Gasteiger partial charge < -0.3 is 5.11 Å². The van der Waals surface area contributed by atoms with Gasteiger partial charge in [0.1, 0.15) is 0 Å². The molecule has 4 aliphatic rings. The first-order valence-corrected chi connectivity index (χ1v) is 9.22. The fraction of sp³-hybridized carbons (Fsp3) is 0.800. The molecule has 0 radical (unpaired) electrons. The fourth-order valence-corrected chi connectivity index (χ4v) is 6.72. The number of aliphatic hydroxyl groups is 1. The summed E-state index contributed by atoms with van der Waals surface area (Å²) in [6.07, 6.45) is 13.7. The predicted octanol–water partition coefficient (Wildman–Crippen LogP) is 4.87. The zero-order valence-electron chi connectivity index (χ0n) is 13.5. The maximum Gasteiger partial charge on any atom is 0.0602 e. The number of hydrogen-bond acceptors (Lipinski definition) is 1. The third-order valence-electron chi connectivity index (χ3n) is 7.62. The van der Waals surface area contributed by atoms with Crippen molar-refractivity contribution >= 4 is 0 Å². The van der Waals surface area contributed by atoms with Gasteiger partial charge in [-0.1, -0.05) is 30.7 Å². The Morgan fingerprint density at radius 1 is 1.29 bits per heavy atom. The number of rotatable bonds is 1. The third kappa shape index (κ3) is 1.86. The van der Waals surface area contributed by atoms with E-state index in [9.17, 15) is 5.11 Å². The average Bonchev–Trinajstić information content (AvgIpc) is 2.84. The largest absolute Gasteiger partial charge is 0.393 e. The minimum absolute atomic E-state index is 0.0755. The molecule has 0 bridgehead atoms. The van der Waals surface area contributed by atoms with E-state index in [0.29, 0.717) is 0 Å². The standard InChI is InChI=1S/C20H30O/c1-3-20-12-13(2)19-15-7-5-4-6-14(15)8-9-16(19)17(20)10-11-18(20)21/h6,15-19,21H,2-5,7-12H2,1H3. The van der Waals surface area contributed by atoms with E-state index in [-0.39, 0.29) is 11.5 Å². The van der Waals surface area contributed by atoms with E-state index in [2.05, 4.69) is 19.6 Å². The van der Waals surface area contributed by atoms with Crippen molar-refractivity contribution in [3.8, 4) is 0 Å². The van der Waals surface area contributed by atoms with E-state index in [1.54, 1.807) is 5.57 Å². The summed E-state index contributed by atoms with van der Waals surface area (Å²) >= 11 is 0. The maximum atomic E-state index is 10.7. The summed E-state index contributed by atoms with van der Waals surface area (Å²) in [7, 11) is 0. The van der Waals surface area contributed by atoms with Crippen molar-refractivity contribution in [1.82, 2.24) is 0 Å². The van der Waals surface area contributed by atoms with Gasteiger partial charge in [-0.2, -0.15) is 0 Å². The van der Waals surface area contributed by atoms with Gasteiger partial charge in [0, 0.05) is 5.41 Å². The van der Waals surface area contributed by atoms with Crippen LogP contribution in [0, 0.1) is 29.1 Å². The number of allylic oxidation sites excluding steroid dienone is 3. The summed E-state index contributed by atoms with van der Waals surface area (Å²) < 4.78 is 0. The number of aliphatic hydroxyl groups excluding tert-OH is 1. The first-order chi connectivity index (χ1) is 10.2. The predicted molar refractivity (Wildman–Crippen MR) is 86.8 cm³/mol. The Morgan fingerprint density at radius 3 is 2.95 bits per heavy atom. The van der Waals surface area contributed by atoms with Crippen LogP contribution in [0.1, 0.15) is 64.7 Å². The van der Waals surface area contributed by atoms with E-state index < -0.39 is 0 Å². The second-order valence-corrected chi connectivity index (χ2v) is 8.17. The minimum atomic E-state index is -0.0755. The molecule has 1 heteroatoms. The Labute approximate surface area is 129 Å². The summed E-state index contributed by atoms with van der Waals surface area (Å²) in [6, 6.07) is 0. The minimum Gasteiger partial charge on any atom is -0.393 e. The number of hydrogen-bond donors (Lipinski definition) is 1. The smallest absolute Gasteiger partial charge is 0.0602 e. The van der Waals surface area contributed by atoms with Crippen LogP contribution in [0.3, 0.4) is 0 Å². The van der Waals surface area contributed by atoms with Crippen LogP contribution in [0.5, 0.6) is 0 Å². The van der Waals surface area contributed by atoms with Crippen LogP contribution >= 0.6 is 0 Å². The molecule has 4 rings (SSSR count). The Balaban J connectivity index is 1.71. The lowest BCUT2D eigenvalue weighted by molar-refractivity contribution is -0.0414. The molecule has 1 nitrogen and oxygen atoms in total. The Bertz CT molecular complexity index is 476. The van der Waals surface area contributed by atoms with Crippen molar-refractivity contribution in [2.75, 3.05) is 0 Å². The maximum absolute atomic E-state index is 10.7. The summed E-state index contributed by atoms with van der Waals surface area (Å²) in [5.41, 5.74) is 3.41. The molecule has 21 heavy (non-hydrogen) atoms. The van der Waals surface area contributed by atoms with E-state index in [1.807, 2.05) is 0 Å². The fourth-order valence-electron chi connectivity index (χ4n) is 6.72. The molecule has 0 heterocycles. The monoisotopic (exact) mass is 286 g/mol. The lowest BCUT2D eigenvalue weighted by Gasteiger charge is -2.55. The van der Waals surface area contributed by atoms with Crippen molar-refractivity contribution in [2.24, 2.45) is 29.1 Å².